The van der Waals surface area contributed by atoms with E-state index < -0.39 is 5.97 Å². The first-order chi connectivity index (χ1) is 7.68. The maximum Gasteiger partial charge on any atom is 0.307 e. The molecule has 1 aliphatic rings. The minimum atomic E-state index is -0.650. The Hall–Kier alpha value is -0.870. The number of aliphatic carboxylic acids is 1. The predicted molar refractivity (Wildman–Crippen MR) is 64.7 cm³/mol. The quantitative estimate of drug-likeness (QED) is 0.881. The number of hydrogen-bond donors (Lipinski definition) is 1. The normalized spacial score (nSPS) is 24.2. The third-order valence-electron chi connectivity index (χ3n) is 3.30. The van der Waals surface area contributed by atoms with Crippen LogP contribution < -0.4 is 0 Å². The van der Waals surface area contributed by atoms with Crippen LogP contribution in [0.5, 0.6) is 0 Å². The van der Waals surface area contributed by atoms with Crippen molar-refractivity contribution in [3.8, 4) is 0 Å². The molecule has 0 amide bonds. The van der Waals surface area contributed by atoms with Crippen molar-refractivity contribution in [1.29, 1.82) is 0 Å². The lowest BCUT2D eigenvalue weighted by atomic mass is 9.97. The Morgan fingerprint density at radius 3 is 3.12 bits per heavy atom. The zero-order valence-electron chi connectivity index (χ0n) is 9.43. The SMILES string of the molecule is C[C@@H](c1cccs1)N1CCC[C@@H](C(=O)O)C1. The lowest BCUT2D eigenvalue weighted by molar-refractivity contribution is -0.143. The molecule has 1 fully saturated rings. The van der Waals surface area contributed by atoms with Gasteiger partial charge in [0.05, 0.1) is 5.92 Å². The summed E-state index contributed by atoms with van der Waals surface area (Å²) in [7, 11) is 0. The topological polar surface area (TPSA) is 40.5 Å². The summed E-state index contributed by atoms with van der Waals surface area (Å²) in [6, 6.07) is 4.52. The smallest absolute Gasteiger partial charge is 0.307 e. The van der Waals surface area contributed by atoms with Crippen LogP contribution in [0.2, 0.25) is 0 Å². The van der Waals surface area contributed by atoms with Crippen molar-refractivity contribution in [2.45, 2.75) is 25.8 Å². The second kappa shape index (κ2) is 4.97. The molecule has 2 heterocycles. The average molecular weight is 239 g/mol. The molecule has 0 unspecified atom stereocenters. The van der Waals surface area contributed by atoms with Gasteiger partial charge in [-0.25, -0.2) is 0 Å². The van der Waals surface area contributed by atoms with E-state index in [9.17, 15) is 4.79 Å². The standard InChI is InChI=1S/C12H17NO2S/c1-9(11-5-3-7-16-11)13-6-2-4-10(8-13)12(14)15/h3,5,7,9-10H,2,4,6,8H2,1H3,(H,14,15)/t9-,10+/m0/s1. The summed E-state index contributed by atoms with van der Waals surface area (Å²) in [4.78, 5) is 14.6. The lowest BCUT2D eigenvalue weighted by Gasteiger charge is -2.34. The van der Waals surface area contributed by atoms with Crippen LogP contribution in [0.3, 0.4) is 0 Å². The van der Waals surface area contributed by atoms with Crippen LogP contribution in [0.25, 0.3) is 0 Å². The van der Waals surface area contributed by atoms with Gasteiger partial charge in [0.1, 0.15) is 0 Å². The zero-order valence-corrected chi connectivity index (χ0v) is 10.2. The molecule has 16 heavy (non-hydrogen) atoms. The third-order valence-corrected chi connectivity index (χ3v) is 4.35. The number of carboxylic acids is 1. The van der Waals surface area contributed by atoms with E-state index in [-0.39, 0.29) is 5.92 Å². The molecule has 0 spiro atoms. The van der Waals surface area contributed by atoms with Gasteiger partial charge >= 0.3 is 5.97 Å². The summed E-state index contributed by atoms with van der Waals surface area (Å²) in [5, 5.41) is 11.1. The van der Waals surface area contributed by atoms with Crippen LogP contribution in [0.4, 0.5) is 0 Å². The molecule has 1 aromatic heterocycles. The van der Waals surface area contributed by atoms with Crippen LogP contribution in [-0.4, -0.2) is 29.1 Å². The fraction of sp³-hybridized carbons (Fsp3) is 0.583. The maximum atomic E-state index is 11.0. The summed E-state index contributed by atoms with van der Waals surface area (Å²) in [5.74, 6) is -0.834. The van der Waals surface area contributed by atoms with Crippen LogP contribution in [-0.2, 0) is 4.79 Å². The average Bonchev–Trinajstić information content (AvgIpc) is 2.81. The number of carbonyl (C=O) groups is 1. The van der Waals surface area contributed by atoms with Crippen LogP contribution in [0.1, 0.15) is 30.7 Å². The number of hydrogen-bond acceptors (Lipinski definition) is 3. The molecule has 0 aliphatic carbocycles. The Kier molecular flexibility index (Phi) is 3.61. The molecule has 1 aromatic rings. The van der Waals surface area contributed by atoms with Crippen molar-refractivity contribution < 1.29 is 9.90 Å². The van der Waals surface area contributed by atoms with Gasteiger partial charge in [-0.05, 0) is 37.8 Å². The number of likely N-dealkylation sites (tertiary alicyclic amines) is 1. The summed E-state index contributed by atoms with van der Waals surface area (Å²) < 4.78 is 0. The fourth-order valence-electron chi connectivity index (χ4n) is 2.27. The lowest BCUT2D eigenvalue weighted by Crippen LogP contribution is -2.39. The molecule has 0 radical (unpaired) electrons. The Morgan fingerprint density at radius 2 is 2.50 bits per heavy atom. The number of piperidine rings is 1. The Bertz CT molecular complexity index is 350. The molecular weight excluding hydrogens is 222 g/mol. The molecule has 1 aliphatic heterocycles. The van der Waals surface area contributed by atoms with Gasteiger partial charge in [-0.15, -0.1) is 11.3 Å². The van der Waals surface area contributed by atoms with Crippen molar-refractivity contribution in [3.05, 3.63) is 22.4 Å². The van der Waals surface area contributed by atoms with Crippen molar-refractivity contribution in [2.75, 3.05) is 13.1 Å². The Morgan fingerprint density at radius 1 is 1.69 bits per heavy atom. The van der Waals surface area contributed by atoms with Gasteiger partial charge in [-0.1, -0.05) is 6.07 Å². The third kappa shape index (κ3) is 2.44. The monoisotopic (exact) mass is 239 g/mol. The molecule has 88 valence electrons. The maximum absolute atomic E-state index is 11.0. The van der Waals surface area contributed by atoms with E-state index in [1.807, 2.05) is 0 Å². The summed E-state index contributed by atoms with van der Waals surface area (Å²) in [5.41, 5.74) is 0. The highest BCUT2D eigenvalue weighted by Crippen LogP contribution is 2.29. The molecule has 0 bridgehead atoms. The molecule has 2 atom stereocenters. The summed E-state index contributed by atoms with van der Waals surface area (Å²) >= 11 is 1.75. The van der Waals surface area contributed by atoms with E-state index in [2.05, 4.69) is 29.3 Å². The molecule has 0 saturated carbocycles. The molecule has 1 saturated heterocycles. The molecular formula is C12H17NO2S. The van der Waals surface area contributed by atoms with Gasteiger partial charge in [0, 0.05) is 17.5 Å². The number of nitrogens with zero attached hydrogens (tertiary/aromatic N) is 1. The van der Waals surface area contributed by atoms with Gasteiger partial charge in [0.15, 0.2) is 0 Å². The van der Waals surface area contributed by atoms with Gasteiger partial charge in [-0.2, -0.15) is 0 Å². The van der Waals surface area contributed by atoms with Crippen molar-refractivity contribution >= 4 is 17.3 Å². The fourth-order valence-corrected chi connectivity index (χ4v) is 3.09. The second-order valence-corrected chi connectivity index (χ2v) is 5.34. The van der Waals surface area contributed by atoms with Gasteiger partial charge in [-0.3, -0.25) is 9.69 Å². The molecule has 0 aromatic carbocycles. The summed E-state index contributed by atoms with van der Waals surface area (Å²) in [6.07, 6.45) is 1.82. The van der Waals surface area contributed by atoms with Crippen molar-refractivity contribution in [1.82, 2.24) is 4.90 Å². The van der Waals surface area contributed by atoms with Gasteiger partial charge in [0.25, 0.3) is 0 Å². The number of thiophene rings is 1. The minimum Gasteiger partial charge on any atom is -0.481 e. The molecule has 3 nitrogen and oxygen atoms in total. The van der Waals surface area contributed by atoms with Crippen LogP contribution in [0, 0.1) is 5.92 Å². The number of carboxylic acid groups (broad SMARTS) is 1. The van der Waals surface area contributed by atoms with E-state index >= 15 is 0 Å². The summed E-state index contributed by atoms with van der Waals surface area (Å²) in [6.45, 7) is 3.87. The van der Waals surface area contributed by atoms with Gasteiger partial charge in [0.2, 0.25) is 0 Å². The molecule has 2 rings (SSSR count). The largest absolute Gasteiger partial charge is 0.481 e. The van der Waals surface area contributed by atoms with Crippen molar-refractivity contribution in [2.24, 2.45) is 5.92 Å². The second-order valence-electron chi connectivity index (χ2n) is 4.36. The first-order valence-corrected chi connectivity index (χ1v) is 6.56. The van der Waals surface area contributed by atoms with Gasteiger partial charge < -0.3 is 5.11 Å². The van der Waals surface area contributed by atoms with E-state index in [0.29, 0.717) is 12.6 Å². The zero-order chi connectivity index (χ0) is 11.5. The first-order valence-electron chi connectivity index (χ1n) is 5.68. The van der Waals surface area contributed by atoms with Crippen LogP contribution >= 0.6 is 11.3 Å². The van der Waals surface area contributed by atoms with E-state index in [0.717, 1.165) is 19.4 Å². The number of rotatable bonds is 3. The Labute approximate surface area is 99.7 Å². The Balaban J connectivity index is 2.01. The first kappa shape index (κ1) is 11.6. The highest BCUT2D eigenvalue weighted by molar-refractivity contribution is 7.10. The van der Waals surface area contributed by atoms with Crippen molar-refractivity contribution in [3.63, 3.8) is 0 Å². The predicted octanol–water partition coefficient (Wildman–Crippen LogP) is 2.61. The molecule has 4 heteroatoms. The van der Waals surface area contributed by atoms with E-state index in [1.54, 1.807) is 11.3 Å². The highest BCUT2D eigenvalue weighted by Gasteiger charge is 2.28. The molecule has 1 N–H and O–H groups in total. The van der Waals surface area contributed by atoms with Crippen LogP contribution in [0.15, 0.2) is 17.5 Å². The minimum absolute atomic E-state index is 0.184. The van der Waals surface area contributed by atoms with E-state index in [4.69, 9.17) is 5.11 Å². The van der Waals surface area contributed by atoms with E-state index in [1.165, 1.54) is 4.88 Å². The highest BCUT2D eigenvalue weighted by atomic mass is 32.1.